The van der Waals surface area contributed by atoms with E-state index in [1.807, 2.05) is 19.2 Å². The maximum absolute atomic E-state index is 10.7. The summed E-state index contributed by atoms with van der Waals surface area (Å²) in [5, 5.41) is 4.22. The second-order valence-electron chi connectivity index (χ2n) is 3.35. The number of hydrogen-bond donors (Lipinski definition) is 0. The molecule has 2 aromatic rings. The third-order valence-corrected chi connectivity index (χ3v) is 1.94. The summed E-state index contributed by atoms with van der Waals surface area (Å²) in [6.45, 7) is 3.26. The van der Waals surface area contributed by atoms with E-state index < -0.39 is 0 Å². The van der Waals surface area contributed by atoms with Gasteiger partial charge in [0.25, 0.3) is 0 Å². The van der Waals surface area contributed by atoms with Gasteiger partial charge < -0.3 is 4.74 Å². The van der Waals surface area contributed by atoms with Gasteiger partial charge in [-0.1, -0.05) is 0 Å². The summed E-state index contributed by atoms with van der Waals surface area (Å²) >= 11 is 0. The van der Waals surface area contributed by atoms with Crippen LogP contribution in [0.1, 0.15) is 12.6 Å². The standard InChI is InChI=1S/C11H11N3O2/c1-8-5-6-14(13-8)11-4-3-10(7-12-11)16-9(2)15/h3-7H,1-2H3. The first kappa shape index (κ1) is 10.4. The molecule has 0 spiro atoms. The molecule has 82 valence electrons. The number of carbonyl (C=O) groups is 1. The molecule has 2 heterocycles. The Morgan fingerprint density at radius 3 is 2.69 bits per heavy atom. The SMILES string of the molecule is CC(=O)Oc1ccc(-n2ccc(C)n2)nc1. The molecule has 0 saturated carbocycles. The number of hydrogen-bond acceptors (Lipinski definition) is 4. The molecule has 0 aliphatic heterocycles. The number of carbonyl (C=O) groups excluding carboxylic acids is 1. The Morgan fingerprint density at radius 1 is 1.38 bits per heavy atom. The number of ether oxygens (including phenoxy) is 1. The molecular weight excluding hydrogens is 206 g/mol. The predicted octanol–water partition coefficient (Wildman–Crippen LogP) is 1.50. The van der Waals surface area contributed by atoms with Gasteiger partial charge in [-0.05, 0) is 25.1 Å². The summed E-state index contributed by atoms with van der Waals surface area (Å²) in [4.78, 5) is 14.8. The van der Waals surface area contributed by atoms with Gasteiger partial charge in [-0.25, -0.2) is 9.67 Å². The van der Waals surface area contributed by atoms with Crippen molar-refractivity contribution in [1.29, 1.82) is 0 Å². The lowest BCUT2D eigenvalue weighted by Gasteiger charge is -2.02. The average molecular weight is 217 g/mol. The van der Waals surface area contributed by atoms with Crippen molar-refractivity contribution in [2.45, 2.75) is 13.8 Å². The molecule has 0 fully saturated rings. The Hall–Kier alpha value is -2.17. The Bertz CT molecular complexity index is 502. The molecule has 0 aromatic carbocycles. The van der Waals surface area contributed by atoms with Crippen LogP contribution < -0.4 is 4.74 Å². The van der Waals surface area contributed by atoms with Crippen molar-refractivity contribution >= 4 is 5.97 Å². The fourth-order valence-electron chi connectivity index (χ4n) is 1.28. The molecule has 2 aromatic heterocycles. The minimum absolute atomic E-state index is 0.357. The van der Waals surface area contributed by atoms with Crippen molar-refractivity contribution < 1.29 is 9.53 Å². The van der Waals surface area contributed by atoms with Gasteiger partial charge in [0.15, 0.2) is 5.82 Å². The molecular formula is C11H11N3O2. The van der Waals surface area contributed by atoms with Crippen molar-refractivity contribution in [1.82, 2.24) is 14.8 Å². The van der Waals surface area contributed by atoms with Crippen LogP contribution in [0.25, 0.3) is 5.82 Å². The quantitative estimate of drug-likeness (QED) is 0.715. The first-order valence-electron chi connectivity index (χ1n) is 4.82. The fourth-order valence-corrected chi connectivity index (χ4v) is 1.28. The normalized spacial score (nSPS) is 10.1. The van der Waals surface area contributed by atoms with Crippen LogP contribution in [0.3, 0.4) is 0 Å². The minimum atomic E-state index is -0.357. The summed E-state index contributed by atoms with van der Waals surface area (Å²) in [6.07, 6.45) is 3.32. The van der Waals surface area contributed by atoms with E-state index in [9.17, 15) is 4.79 Å². The van der Waals surface area contributed by atoms with Gasteiger partial charge >= 0.3 is 5.97 Å². The number of rotatable bonds is 2. The van der Waals surface area contributed by atoms with Crippen molar-refractivity contribution in [3.8, 4) is 11.6 Å². The zero-order valence-corrected chi connectivity index (χ0v) is 9.04. The van der Waals surface area contributed by atoms with E-state index in [4.69, 9.17) is 4.74 Å². The molecule has 0 saturated heterocycles. The lowest BCUT2D eigenvalue weighted by molar-refractivity contribution is -0.131. The first-order valence-corrected chi connectivity index (χ1v) is 4.82. The number of pyridine rings is 1. The lowest BCUT2D eigenvalue weighted by atomic mass is 10.4. The number of aryl methyl sites for hydroxylation is 1. The molecule has 0 amide bonds. The third-order valence-electron chi connectivity index (χ3n) is 1.94. The molecule has 5 heteroatoms. The molecule has 0 radical (unpaired) electrons. The molecule has 0 N–H and O–H groups in total. The number of esters is 1. The fraction of sp³-hybridized carbons (Fsp3) is 0.182. The number of nitrogens with zero attached hydrogens (tertiary/aromatic N) is 3. The van der Waals surface area contributed by atoms with Crippen molar-refractivity contribution in [3.05, 3.63) is 36.3 Å². The Balaban J connectivity index is 2.22. The Kier molecular flexibility index (Phi) is 2.68. The van der Waals surface area contributed by atoms with Crippen molar-refractivity contribution in [2.75, 3.05) is 0 Å². The molecule has 0 unspecified atom stereocenters. The van der Waals surface area contributed by atoms with E-state index in [1.54, 1.807) is 16.8 Å². The van der Waals surface area contributed by atoms with Gasteiger partial charge in [0, 0.05) is 13.1 Å². The highest BCUT2D eigenvalue weighted by atomic mass is 16.5. The molecule has 5 nitrogen and oxygen atoms in total. The molecule has 0 aliphatic rings. The van der Waals surface area contributed by atoms with Crippen molar-refractivity contribution in [3.63, 3.8) is 0 Å². The van der Waals surface area contributed by atoms with E-state index in [2.05, 4.69) is 10.1 Å². The first-order chi connectivity index (χ1) is 7.65. The average Bonchev–Trinajstić information content (AvgIpc) is 2.65. The summed E-state index contributed by atoms with van der Waals surface area (Å²) in [5.74, 6) is 0.758. The van der Waals surface area contributed by atoms with E-state index in [0.717, 1.165) is 5.69 Å². The van der Waals surface area contributed by atoms with Crippen LogP contribution in [0.4, 0.5) is 0 Å². The van der Waals surface area contributed by atoms with Gasteiger partial charge in [-0.2, -0.15) is 5.10 Å². The van der Waals surface area contributed by atoms with Gasteiger partial charge in [0.1, 0.15) is 5.75 Å². The third kappa shape index (κ3) is 2.25. The minimum Gasteiger partial charge on any atom is -0.425 e. The smallest absolute Gasteiger partial charge is 0.308 e. The zero-order chi connectivity index (χ0) is 11.5. The highest BCUT2D eigenvalue weighted by Gasteiger charge is 2.02. The largest absolute Gasteiger partial charge is 0.425 e. The molecule has 0 atom stereocenters. The van der Waals surface area contributed by atoms with Crippen LogP contribution >= 0.6 is 0 Å². The van der Waals surface area contributed by atoms with Crippen LogP contribution in [0, 0.1) is 6.92 Å². The van der Waals surface area contributed by atoms with E-state index in [-0.39, 0.29) is 5.97 Å². The van der Waals surface area contributed by atoms with Gasteiger partial charge in [-0.3, -0.25) is 4.79 Å². The van der Waals surface area contributed by atoms with Gasteiger partial charge in [-0.15, -0.1) is 0 Å². The highest BCUT2D eigenvalue weighted by molar-refractivity contribution is 5.69. The van der Waals surface area contributed by atoms with E-state index in [0.29, 0.717) is 11.6 Å². The maximum atomic E-state index is 10.7. The second-order valence-corrected chi connectivity index (χ2v) is 3.35. The second kappa shape index (κ2) is 4.14. The molecule has 0 bridgehead atoms. The Labute approximate surface area is 92.7 Å². The summed E-state index contributed by atoms with van der Waals surface area (Å²) < 4.78 is 6.54. The summed E-state index contributed by atoms with van der Waals surface area (Å²) in [7, 11) is 0. The van der Waals surface area contributed by atoms with Crippen LogP contribution in [-0.2, 0) is 4.79 Å². The highest BCUT2D eigenvalue weighted by Crippen LogP contribution is 2.11. The van der Waals surface area contributed by atoms with Crippen molar-refractivity contribution in [2.24, 2.45) is 0 Å². The van der Waals surface area contributed by atoms with Crippen LogP contribution in [0.5, 0.6) is 5.75 Å². The van der Waals surface area contributed by atoms with Gasteiger partial charge in [0.05, 0.1) is 11.9 Å². The molecule has 0 aliphatic carbocycles. The monoisotopic (exact) mass is 217 g/mol. The summed E-state index contributed by atoms with van der Waals surface area (Å²) in [5.41, 5.74) is 0.922. The topological polar surface area (TPSA) is 57.0 Å². The lowest BCUT2D eigenvalue weighted by Crippen LogP contribution is -2.03. The van der Waals surface area contributed by atoms with Gasteiger partial charge in [0.2, 0.25) is 0 Å². The Morgan fingerprint density at radius 2 is 2.19 bits per heavy atom. The molecule has 2 rings (SSSR count). The van der Waals surface area contributed by atoms with E-state index >= 15 is 0 Å². The van der Waals surface area contributed by atoms with Crippen LogP contribution in [-0.4, -0.2) is 20.7 Å². The van der Waals surface area contributed by atoms with E-state index in [1.165, 1.54) is 13.1 Å². The summed E-state index contributed by atoms with van der Waals surface area (Å²) in [6, 6.07) is 5.31. The maximum Gasteiger partial charge on any atom is 0.308 e. The predicted molar refractivity (Wildman–Crippen MR) is 57.4 cm³/mol. The van der Waals surface area contributed by atoms with Crippen LogP contribution in [0.2, 0.25) is 0 Å². The molecule has 16 heavy (non-hydrogen) atoms. The number of aromatic nitrogens is 3. The van der Waals surface area contributed by atoms with Crippen LogP contribution in [0.15, 0.2) is 30.6 Å². The zero-order valence-electron chi connectivity index (χ0n) is 9.04.